The van der Waals surface area contributed by atoms with Crippen molar-refractivity contribution >= 4 is 23.7 Å². The summed E-state index contributed by atoms with van der Waals surface area (Å²) in [4.78, 5) is 24.0. The van der Waals surface area contributed by atoms with Gasteiger partial charge in [0.05, 0.1) is 11.4 Å². The minimum absolute atomic E-state index is 0.0759. The molecule has 3 amide bonds. The first-order valence-electron chi connectivity index (χ1n) is 10.3. The van der Waals surface area contributed by atoms with Gasteiger partial charge in [-0.25, -0.2) is 4.79 Å². The first kappa shape index (κ1) is 21.1. The number of thioether (sulfide) groups is 1. The fourth-order valence-electron chi connectivity index (χ4n) is 3.33. The van der Waals surface area contributed by atoms with E-state index in [0.717, 1.165) is 35.5 Å². The number of rotatable bonds is 7. The van der Waals surface area contributed by atoms with Gasteiger partial charge in [-0.05, 0) is 43.9 Å². The Balaban J connectivity index is 1.55. The average Bonchev–Trinajstić information content (AvgIpc) is 3.46. The van der Waals surface area contributed by atoms with Crippen molar-refractivity contribution in [3.63, 3.8) is 0 Å². The van der Waals surface area contributed by atoms with Gasteiger partial charge in [0.2, 0.25) is 5.91 Å². The zero-order valence-corrected chi connectivity index (χ0v) is 18.4. The van der Waals surface area contributed by atoms with Crippen molar-refractivity contribution in [1.82, 2.24) is 25.4 Å². The average molecular weight is 436 g/mol. The van der Waals surface area contributed by atoms with Crippen LogP contribution in [-0.2, 0) is 11.2 Å². The van der Waals surface area contributed by atoms with E-state index in [-0.39, 0.29) is 17.7 Å². The van der Waals surface area contributed by atoms with Gasteiger partial charge in [0.25, 0.3) is 0 Å². The molecule has 0 radical (unpaired) electrons. The predicted octanol–water partition coefficient (Wildman–Crippen LogP) is 3.56. The third-order valence-corrected chi connectivity index (χ3v) is 5.93. The summed E-state index contributed by atoms with van der Waals surface area (Å²) < 4.78 is 2.00. The summed E-state index contributed by atoms with van der Waals surface area (Å²) in [6, 6.07) is 16.1. The minimum Gasteiger partial charge on any atom is -0.335 e. The van der Waals surface area contributed by atoms with Crippen molar-refractivity contribution in [3.05, 3.63) is 71.0 Å². The molecular formula is C23H25N5O2S. The van der Waals surface area contributed by atoms with Gasteiger partial charge in [-0.1, -0.05) is 59.8 Å². The number of aryl methyl sites for hydroxylation is 2. The smallest absolute Gasteiger partial charge is 0.321 e. The van der Waals surface area contributed by atoms with Crippen LogP contribution < -0.4 is 10.6 Å². The van der Waals surface area contributed by atoms with Crippen molar-refractivity contribution < 1.29 is 9.59 Å². The molecule has 0 bridgehead atoms. The van der Waals surface area contributed by atoms with Crippen LogP contribution in [-0.4, -0.2) is 38.5 Å². The minimum atomic E-state index is -0.436. The molecule has 2 aromatic carbocycles. The molecule has 1 aromatic heterocycles. The van der Waals surface area contributed by atoms with Crippen molar-refractivity contribution in [1.29, 1.82) is 0 Å². The number of nitrogens with zero attached hydrogens (tertiary/aromatic N) is 3. The summed E-state index contributed by atoms with van der Waals surface area (Å²) in [6.45, 7) is 4.11. The van der Waals surface area contributed by atoms with Gasteiger partial charge in [-0.3, -0.25) is 14.7 Å². The Morgan fingerprint density at radius 3 is 2.58 bits per heavy atom. The summed E-state index contributed by atoms with van der Waals surface area (Å²) in [5, 5.41) is 14.5. The summed E-state index contributed by atoms with van der Waals surface area (Å²) in [6.07, 6.45) is 2.57. The molecule has 160 valence electrons. The Morgan fingerprint density at radius 1 is 1.10 bits per heavy atom. The molecular weight excluding hydrogens is 410 g/mol. The van der Waals surface area contributed by atoms with Crippen molar-refractivity contribution in [2.24, 2.45) is 0 Å². The second-order valence-corrected chi connectivity index (χ2v) is 8.71. The number of nitrogens with one attached hydrogen (secondary N) is 2. The zero-order valence-electron chi connectivity index (χ0n) is 17.6. The van der Waals surface area contributed by atoms with Gasteiger partial charge in [0, 0.05) is 12.5 Å². The molecule has 4 rings (SSSR count). The van der Waals surface area contributed by atoms with Crippen LogP contribution in [0.1, 0.15) is 35.4 Å². The third kappa shape index (κ3) is 5.52. The maximum atomic E-state index is 12.2. The second-order valence-electron chi connectivity index (χ2n) is 7.77. The zero-order chi connectivity index (χ0) is 21.8. The van der Waals surface area contributed by atoms with Crippen molar-refractivity contribution in [2.45, 2.75) is 44.3 Å². The number of benzene rings is 2. The fourth-order valence-corrected chi connectivity index (χ4v) is 4.09. The summed E-state index contributed by atoms with van der Waals surface area (Å²) >= 11 is 1.27. The Labute approximate surface area is 185 Å². The van der Waals surface area contributed by atoms with E-state index < -0.39 is 6.03 Å². The maximum absolute atomic E-state index is 12.2. The van der Waals surface area contributed by atoms with Crippen LogP contribution in [0.3, 0.4) is 0 Å². The third-order valence-electron chi connectivity index (χ3n) is 5.00. The standard InChI is InChI=1S/C23H25N5O2S/c1-15-8-11-19(16(2)12-15)28-20(13-17-6-4-3-5-7-17)26-27-23(28)31-14-21(29)25-22(30)24-18-9-10-18/h3-8,11-12,18H,9-10,13-14H2,1-2H3,(H2,24,25,29,30). The van der Waals surface area contributed by atoms with E-state index in [1.807, 2.05) is 22.8 Å². The highest BCUT2D eigenvalue weighted by atomic mass is 32.2. The van der Waals surface area contributed by atoms with Crippen LogP contribution in [0.25, 0.3) is 5.69 Å². The highest BCUT2D eigenvalue weighted by Crippen LogP contribution is 2.26. The van der Waals surface area contributed by atoms with Crippen LogP contribution in [0.15, 0.2) is 53.7 Å². The van der Waals surface area contributed by atoms with E-state index >= 15 is 0 Å². The van der Waals surface area contributed by atoms with Crippen molar-refractivity contribution in [2.75, 3.05) is 5.75 Å². The van der Waals surface area contributed by atoms with E-state index in [4.69, 9.17) is 0 Å². The molecule has 1 aliphatic rings. The molecule has 0 unspecified atom stereocenters. The van der Waals surface area contributed by atoms with E-state index in [1.165, 1.54) is 17.3 Å². The lowest BCUT2D eigenvalue weighted by molar-refractivity contribution is -0.117. The van der Waals surface area contributed by atoms with Crippen LogP contribution in [0.4, 0.5) is 4.79 Å². The lowest BCUT2D eigenvalue weighted by Gasteiger charge is -2.13. The number of carbonyl (C=O) groups is 2. The quantitative estimate of drug-likeness (QED) is 0.554. The van der Waals surface area contributed by atoms with Gasteiger partial charge in [0.1, 0.15) is 5.82 Å². The molecule has 8 heteroatoms. The largest absolute Gasteiger partial charge is 0.335 e. The van der Waals surface area contributed by atoms with E-state index in [1.54, 1.807) is 0 Å². The normalized spacial score (nSPS) is 13.1. The number of aromatic nitrogens is 3. The molecule has 1 fully saturated rings. The lowest BCUT2D eigenvalue weighted by Crippen LogP contribution is -2.41. The summed E-state index contributed by atoms with van der Waals surface area (Å²) in [5.41, 5.74) is 4.39. The Kier molecular flexibility index (Phi) is 6.36. The predicted molar refractivity (Wildman–Crippen MR) is 121 cm³/mol. The van der Waals surface area contributed by atoms with E-state index in [0.29, 0.717) is 11.6 Å². The van der Waals surface area contributed by atoms with Crippen LogP contribution in [0.2, 0.25) is 0 Å². The molecule has 2 N–H and O–H groups in total. The highest BCUT2D eigenvalue weighted by molar-refractivity contribution is 7.99. The molecule has 0 spiro atoms. The summed E-state index contributed by atoms with van der Waals surface area (Å²) in [5.74, 6) is 0.516. The Hall–Kier alpha value is -3.13. The van der Waals surface area contributed by atoms with E-state index in [9.17, 15) is 9.59 Å². The SMILES string of the molecule is Cc1ccc(-n2c(Cc3ccccc3)nnc2SCC(=O)NC(=O)NC2CC2)c(C)c1. The molecule has 1 heterocycles. The number of carbonyl (C=O) groups excluding carboxylic acids is 2. The maximum Gasteiger partial charge on any atom is 0.321 e. The number of hydrogen-bond acceptors (Lipinski definition) is 5. The first-order chi connectivity index (χ1) is 15.0. The molecule has 3 aromatic rings. The number of imide groups is 1. The second kappa shape index (κ2) is 9.34. The molecule has 31 heavy (non-hydrogen) atoms. The molecule has 0 saturated heterocycles. The molecule has 0 atom stereocenters. The van der Waals surface area contributed by atoms with Gasteiger partial charge >= 0.3 is 6.03 Å². The van der Waals surface area contributed by atoms with Gasteiger partial charge in [-0.2, -0.15) is 0 Å². The highest BCUT2D eigenvalue weighted by Gasteiger charge is 2.24. The Bertz CT molecular complexity index is 1090. The molecule has 7 nitrogen and oxygen atoms in total. The lowest BCUT2D eigenvalue weighted by atomic mass is 10.1. The van der Waals surface area contributed by atoms with Gasteiger partial charge < -0.3 is 5.32 Å². The topological polar surface area (TPSA) is 88.9 Å². The monoisotopic (exact) mass is 435 g/mol. The summed E-state index contributed by atoms with van der Waals surface area (Å²) in [7, 11) is 0. The van der Waals surface area contributed by atoms with Gasteiger partial charge in [0.15, 0.2) is 5.16 Å². The number of amides is 3. The van der Waals surface area contributed by atoms with Crippen molar-refractivity contribution in [3.8, 4) is 5.69 Å². The first-order valence-corrected chi connectivity index (χ1v) is 11.3. The molecule has 1 saturated carbocycles. The van der Waals surface area contributed by atoms with E-state index in [2.05, 4.69) is 65.0 Å². The van der Waals surface area contributed by atoms with Gasteiger partial charge in [-0.15, -0.1) is 10.2 Å². The van der Waals surface area contributed by atoms with Crippen LogP contribution >= 0.6 is 11.8 Å². The Morgan fingerprint density at radius 2 is 1.87 bits per heavy atom. The molecule has 0 aliphatic heterocycles. The number of hydrogen-bond donors (Lipinski definition) is 2. The molecule has 1 aliphatic carbocycles. The number of urea groups is 1. The van der Waals surface area contributed by atoms with Crippen LogP contribution in [0.5, 0.6) is 0 Å². The van der Waals surface area contributed by atoms with Crippen LogP contribution in [0, 0.1) is 13.8 Å². The fraction of sp³-hybridized carbons (Fsp3) is 0.304.